The lowest BCUT2D eigenvalue weighted by atomic mass is 9.97. The summed E-state index contributed by atoms with van der Waals surface area (Å²) in [6, 6.07) is 27.5. The fourth-order valence-electron chi connectivity index (χ4n) is 3.14. The molecule has 2 amide bonds. The molecule has 0 spiro atoms. The Morgan fingerprint density at radius 2 is 1.38 bits per heavy atom. The summed E-state index contributed by atoms with van der Waals surface area (Å²) in [5.74, 6) is 0.292. The number of anilines is 1. The predicted octanol–water partition coefficient (Wildman–Crippen LogP) is 4.99. The summed E-state index contributed by atoms with van der Waals surface area (Å²) in [6.45, 7) is 1.48. The van der Waals surface area contributed by atoms with Gasteiger partial charge in [0, 0.05) is 24.6 Å². The van der Waals surface area contributed by atoms with Crippen LogP contribution in [0, 0.1) is 0 Å². The van der Waals surface area contributed by atoms with E-state index in [1.54, 1.807) is 0 Å². The van der Waals surface area contributed by atoms with Crippen molar-refractivity contribution in [2.45, 2.75) is 17.9 Å². The Morgan fingerprint density at radius 1 is 0.862 bits per heavy atom. The van der Waals surface area contributed by atoms with E-state index in [9.17, 15) is 9.59 Å². The van der Waals surface area contributed by atoms with Gasteiger partial charge < -0.3 is 10.2 Å². The average molecular weight is 405 g/mol. The molecule has 4 nitrogen and oxygen atoms in total. The Bertz CT molecular complexity index is 904. The number of nitrogens with zero attached hydrogens (tertiary/aromatic N) is 1. The Morgan fingerprint density at radius 3 is 1.86 bits per heavy atom. The van der Waals surface area contributed by atoms with Gasteiger partial charge in [0.1, 0.15) is 0 Å². The van der Waals surface area contributed by atoms with E-state index in [1.807, 2.05) is 72.6 Å². The molecule has 0 fully saturated rings. The van der Waals surface area contributed by atoms with Crippen molar-refractivity contribution in [3.63, 3.8) is 0 Å². The van der Waals surface area contributed by atoms with Crippen LogP contribution in [0.1, 0.15) is 24.1 Å². The van der Waals surface area contributed by atoms with E-state index in [-0.39, 0.29) is 17.9 Å². The van der Waals surface area contributed by atoms with E-state index in [0.29, 0.717) is 5.75 Å². The number of amides is 2. The first-order chi connectivity index (χ1) is 14.0. The average Bonchev–Trinajstić information content (AvgIpc) is 2.74. The molecule has 0 bridgehead atoms. The van der Waals surface area contributed by atoms with Gasteiger partial charge in [-0.25, -0.2) is 0 Å². The minimum atomic E-state index is -0.132. The lowest BCUT2D eigenvalue weighted by molar-refractivity contribution is -0.128. The highest BCUT2D eigenvalue weighted by Gasteiger charge is 2.23. The quantitative estimate of drug-likeness (QED) is 0.565. The van der Waals surface area contributed by atoms with Crippen molar-refractivity contribution in [1.29, 1.82) is 0 Å². The Hall–Kier alpha value is -3.05. The Labute approximate surface area is 175 Å². The smallest absolute Gasteiger partial charge is 0.233 e. The number of rotatable bonds is 7. The topological polar surface area (TPSA) is 49.4 Å². The summed E-state index contributed by atoms with van der Waals surface area (Å²) >= 11 is 1.49. The second kappa shape index (κ2) is 9.94. The normalized spacial score (nSPS) is 10.6. The Balaban J connectivity index is 1.70. The third-order valence-corrected chi connectivity index (χ3v) is 5.55. The summed E-state index contributed by atoms with van der Waals surface area (Å²) in [7, 11) is 1.85. The van der Waals surface area contributed by atoms with Crippen LogP contribution >= 0.6 is 11.8 Å². The van der Waals surface area contributed by atoms with Crippen molar-refractivity contribution in [1.82, 2.24) is 4.90 Å². The maximum absolute atomic E-state index is 13.0. The molecule has 3 rings (SSSR count). The maximum Gasteiger partial charge on any atom is 0.233 e. The number of carbonyl (C=O) groups is 2. The molecule has 0 aliphatic rings. The molecule has 0 aromatic heterocycles. The van der Waals surface area contributed by atoms with Crippen LogP contribution in [0.5, 0.6) is 0 Å². The van der Waals surface area contributed by atoms with E-state index in [4.69, 9.17) is 0 Å². The van der Waals surface area contributed by atoms with Gasteiger partial charge in [-0.3, -0.25) is 9.59 Å². The van der Waals surface area contributed by atoms with Gasteiger partial charge in [-0.1, -0.05) is 60.7 Å². The summed E-state index contributed by atoms with van der Waals surface area (Å²) < 4.78 is 0. The summed E-state index contributed by atoms with van der Waals surface area (Å²) in [5, 5.41) is 2.74. The van der Waals surface area contributed by atoms with E-state index < -0.39 is 0 Å². The zero-order valence-electron chi connectivity index (χ0n) is 16.5. The SMILES string of the molecule is CC(=O)Nc1ccc(SCC(=O)N(C)C(c2ccccc2)c2ccccc2)cc1. The molecule has 148 valence electrons. The van der Waals surface area contributed by atoms with Crippen LogP contribution in [-0.2, 0) is 9.59 Å². The van der Waals surface area contributed by atoms with E-state index in [0.717, 1.165) is 21.7 Å². The van der Waals surface area contributed by atoms with Gasteiger partial charge in [-0.05, 0) is 35.4 Å². The molecule has 0 radical (unpaired) electrons. The zero-order valence-corrected chi connectivity index (χ0v) is 17.4. The van der Waals surface area contributed by atoms with Crippen LogP contribution in [0.3, 0.4) is 0 Å². The van der Waals surface area contributed by atoms with Crippen LogP contribution in [0.25, 0.3) is 0 Å². The monoisotopic (exact) mass is 404 g/mol. The van der Waals surface area contributed by atoms with Gasteiger partial charge in [0.25, 0.3) is 0 Å². The van der Waals surface area contributed by atoms with Crippen LogP contribution in [0.2, 0.25) is 0 Å². The molecular formula is C24H24N2O2S. The molecule has 0 aliphatic carbocycles. The summed E-state index contributed by atoms with van der Waals surface area (Å²) in [5.41, 5.74) is 2.91. The largest absolute Gasteiger partial charge is 0.334 e. The maximum atomic E-state index is 13.0. The molecule has 3 aromatic rings. The van der Waals surface area contributed by atoms with Gasteiger partial charge in [0.15, 0.2) is 0 Å². The van der Waals surface area contributed by atoms with E-state index in [2.05, 4.69) is 29.6 Å². The predicted molar refractivity (Wildman–Crippen MR) is 119 cm³/mol. The van der Waals surface area contributed by atoms with Crippen molar-refractivity contribution in [3.05, 3.63) is 96.1 Å². The minimum absolute atomic E-state index is 0.0543. The molecule has 0 aliphatic heterocycles. The highest BCUT2D eigenvalue weighted by atomic mass is 32.2. The summed E-state index contributed by atoms with van der Waals surface area (Å²) in [4.78, 5) is 26.9. The van der Waals surface area contributed by atoms with Crippen LogP contribution in [-0.4, -0.2) is 29.5 Å². The molecule has 0 heterocycles. The van der Waals surface area contributed by atoms with E-state index in [1.165, 1.54) is 18.7 Å². The van der Waals surface area contributed by atoms with Gasteiger partial charge >= 0.3 is 0 Å². The molecule has 0 atom stereocenters. The molecule has 1 N–H and O–H groups in total. The molecule has 29 heavy (non-hydrogen) atoms. The van der Waals surface area contributed by atoms with Crippen molar-refractivity contribution in [3.8, 4) is 0 Å². The highest BCUT2D eigenvalue weighted by Crippen LogP contribution is 2.29. The summed E-state index contributed by atoms with van der Waals surface area (Å²) in [6.07, 6.45) is 0. The number of thioether (sulfide) groups is 1. The number of hydrogen-bond acceptors (Lipinski definition) is 3. The number of benzene rings is 3. The van der Waals surface area contributed by atoms with Crippen LogP contribution in [0.15, 0.2) is 89.8 Å². The van der Waals surface area contributed by atoms with Crippen molar-refractivity contribution in [2.75, 3.05) is 18.1 Å². The lowest BCUT2D eigenvalue weighted by Crippen LogP contribution is -2.33. The first kappa shape index (κ1) is 20.7. The number of hydrogen-bond donors (Lipinski definition) is 1. The minimum Gasteiger partial charge on any atom is -0.334 e. The van der Waals surface area contributed by atoms with Crippen LogP contribution < -0.4 is 5.32 Å². The molecule has 0 saturated carbocycles. The van der Waals surface area contributed by atoms with Gasteiger partial charge in [0.05, 0.1) is 11.8 Å². The highest BCUT2D eigenvalue weighted by molar-refractivity contribution is 8.00. The second-order valence-electron chi connectivity index (χ2n) is 6.72. The number of nitrogens with one attached hydrogen (secondary N) is 1. The van der Waals surface area contributed by atoms with E-state index >= 15 is 0 Å². The van der Waals surface area contributed by atoms with Crippen molar-refractivity contribution < 1.29 is 9.59 Å². The molecule has 0 unspecified atom stereocenters. The van der Waals surface area contributed by atoms with Crippen molar-refractivity contribution >= 4 is 29.3 Å². The molecule has 0 saturated heterocycles. The molecule has 5 heteroatoms. The van der Waals surface area contributed by atoms with Crippen molar-refractivity contribution in [2.24, 2.45) is 0 Å². The van der Waals surface area contributed by atoms with Crippen LogP contribution in [0.4, 0.5) is 5.69 Å². The Kier molecular flexibility index (Phi) is 7.09. The zero-order chi connectivity index (χ0) is 20.6. The standard InChI is InChI=1S/C24H24N2O2S/c1-18(27)25-21-13-15-22(16-14-21)29-17-23(28)26(2)24(19-9-5-3-6-10-19)20-11-7-4-8-12-20/h3-16,24H,17H2,1-2H3,(H,25,27). The molecule has 3 aromatic carbocycles. The van der Waals surface area contributed by atoms with Gasteiger partial charge in [-0.15, -0.1) is 11.8 Å². The number of carbonyl (C=O) groups excluding carboxylic acids is 2. The lowest BCUT2D eigenvalue weighted by Gasteiger charge is -2.29. The van der Waals surface area contributed by atoms with Gasteiger partial charge in [0.2, 0.25) is 11.8 Å². The third-order valence-electron chi connectivity index (χ3n) is 4.55. The first-order valence-corrected chi connectivity index (χ1v) is 10.4. The first-order valence-electron chi connectivity index (χ1n) is 9.40. The fraction of sp³-hybridized carbons (Fsp3) is 0.167. The fourth-order valence-corrected chi connectivity index (χ4v) is 3.96. The second-order valence-corrected chi connectivity index (χ2v) is 7.77. The van der Waals surface area contributed by atoms with Gasteiger partial charge in [-0.2, -0.15) is 0 Å². The molecular weight excluding hydrogens is 380 g/mol. The third kappa shape index (κ3) is 5.72.